The van der Waals surface area contributed by atoms with Gasteiger partial charge in [-0.1, -0.05) is 13.2 Å². The molecule has 0 bridgehead atoms. The molecule has 0 radical (unpaired) electrons. The summed E-state index contributed by atoms with van der Waals surface area (Å²) < 4.78 is 30.0. The van der Waals surface area contributed by atoms with Crippen molar-refractivity contribution < 1.29 is 23.7 Å². The molecule has 5 nitrogen and oxygen atoms in total. The predicted molar refractivity (Wildman–Crippen MR) is 102 cm³/mol. The molecule has 0 aliphatic heterocycles. The average molecular weight is 359 g/mol. The number of hydrogen-bond acceptors (Lipinski definition) is 5. The molecule has 2 atom stereocenters. The Labute approximate surface area is 154 Å². The zero-order chi connectivity index (χ0) is 19.7. The predicted octanol–water partition coefficient (Wildman–Crippen LogP) is 4.47. The molecule has 0 N–H and O–H groups in total. The zero-order valence-corrected chi connectivity index (χ0v) is 17.4. The summed E-state index contributed by atoms with van der Waals surface area (Å²) in [6.07, 6.45) is -1.01. The topological polar surface area (TPSA) is 46.2 Å². The zero-order valence-electron chi connectivity index (χ0n) is 17.4. The van der Waals surface area contributed by atoms with Crippen LogP contribution in [0.2, 0.25) is 0 Å². The first-order valence-electron chi connectivity index (χ1n) is 9.13. The maximum Gasteiger partial charge on any atom is 0.195 e. The Balaban J connectivity index is 5.80. The maximum atomic E-state index is 6.41. The molecule has 148 valence electrons. The Kier molecular flexibility index (Phi) is 10.8. The van der Waals surface area contributed by atoms with Gasteiger partial charge in [0, 0.05) is 26.4 Å². The molecule has 2 unspecified atom stereocenters. The van der Waals surface area contributed by atoms with Crippen LogP contribution in [-0.2, 0) is 23.7 Å². The quantitative estimate of drug-likeness (QED) is 0.339. The standard InChI is InChI=1S/C20H38O5/c1-11-21-19(9,22-12-2)17(15(5)6)25-18(16(7)8)20(10,23-13-3)24-14-4/h17-18H,5,7,11-14H2,1-4,6,8-10H3. The summed E-state index contributed by atoms with van der Waals surface area (Å²) in [6, 6.07) is 0. The van der Waals surface area contributed by atoms with Crippen molar-refractivity contribution in [1.29, 1.82) is 0 Å². The first kappa shape index (κ1) is 24.3. The van der Waals surface area contributed by atoms with Gasteiger partial charge in [-0.05, 0) is 66.5 Å². The molecule has 0 aromatic heterocycles. The van der Waals surface area contributed by atoms with Gasteiger partial charge in [0.1, 0.15) is 12.2 Å². The molecule has 0 heterocycles. The summed E-state index contributed by atoms with van der Waals surface area (Å²) in [5.41, 5.74) is 1.59. The lowest BCUT2D eigenvalue weighted by Gasteiger charge is -2.43. The van der Waals surface area contributed by atoms with Gasteiger partial charge in [-0.2, -0.15) is 0 Å². The normalized spacial score (nSPS) is 15.0. The highest BCUT2D eigenvalue weighted by atomic mass is 16.7. The smallest absolute Gasteiger partial charge is 0.195 e. The van der Waals surface area contributed by atoms with E-state index in [1.165, 1.54) is 0 Å². The highest BCUT2D eigenvalue weighted by Gasteiger charge is 2.45. The fourth-order valence-corrected chi connectivity index (χ4v) is 3.04. The van der Waals surface area contributed by atoms with Gasteiger partial charge < -0.3 is 23.7 Å². The van der Waals surface area contributed by atoms with Crippen molar-refractivity contribution in [3.8, 4) is 0 Å². The second kappa shape index (κ2) is 11.1. The van der Waals surface area contributed by atoms with E-state index in [1.807, 2.05) is 55.4 Å². The summed E-state index contributed by atoms with van der Waals surface area (Å²) in [7, 11) is 0. The van der Waals surface area contributed by atoms with E-state index in [0.717, 1.165) is 11.1 Å². The van der Waals surface area contributed by atoms with Gasteiger partial charge in [0.25, 0.3) is 0 Å². The van der Waals surface area contributed by atoms with Gasteiger partial charge in [-0.25, -0.2) is 0 Å². The van der Waals surface area contributed by atoms with Gasteiger partial charge in [-0.15, -0.1) is 0 Å². The monoisotopic (exact) mass is 358 g/mol. The average Bonchev–Trinajstić information content (AvgIpc) is 2.47. The lowest BCUT2D eigenvalue weighted by Crippen LogP contribution is -2.54. The largest absolute Gasteiger partial charge is 0.355 e. The highest BCUT2D eigenvalue weighted by Crippen LogP contribution is 2.33. The summed E-state index contributed by atoms with van der Waals surface area (Å²) in [5.74, 6) is -1.91. The minimum Gasteiger partial charge on any atom is -0.355 e. The molecule has 0 aromatic rings. The van der Waals surface area contributed by atoms with E-state index in [2.05, 4.69) is 13.2 Å². The lowest BCUT2D eigenvalue weighted by atomic mass is 10.0. The van der Waals surface area contributed by atoms with Crippen molar-refractivity contribution >= 4 is 0 Å². The number of hydrogen-bond donors (Lipinski definition) is 0. The number of rotatable bonds is 14. The Bertz CT molecular complexity index is 368. The summed E-state index contributed by atoms with van der Waals surface area (Å²) in [4.78, 5) is 0. The third-order valence-electron chi connectivity index (χ3n) is 3.84. The second-order valence-electron chi connectivity index (χ2n) is 6.35. The minimum absolute atomic E-state index is 0.496. The van der Waals surface area contributed by atoms with E-state index in [4.69, 9.17) is 23.7 Å². The SMILES string of the molecule is C=C(C)C(OC(C(=C)C)C(C)(OCC)OCC)C(C)(OCC)OCC. The highest BCUT2D eigenvalue weighted by molar-refractivity contribution is 5.10. The van der Waals surface area contributed by atoms with Crippen molar-refractivity contribution in [3.63, 3.8) is 0 Å². The van der Waals surface area contributed by atoms with Crippen LogP contribution in [0.5, 0.6) is 0 Å². The molecule has 25 heavy (non-hydrogen) atoms. The molecule has 0 aliphatic carbocycles. The van der Waals surface area contributed by atoms with Crippen LogP contribution in [0.3, 0.4) is 0 Å². The van der Waals surface area contributed by atoms with Gasteiger partial charge in [-0.3, -0.25) is 0 Å². The summed E-state index contributed by atoms with van der Waals surface area (Å²) in [5, 5.41) is 0. The van der Waals surface area contributed by atoms with E-state index in [9.17, 15) is 0 Å². The van der Waals surface area contributed by atoms with Crippen LogP contribution in [0, 0.1) is 0 Å². The van der Waals surface area contributed by atoms with E-state index in [-0.39, 0.29) is 0 Å². The van der Waals surface area contributed by atoms with Crippen LogP contribution in [0.15, 0.2) is 24.3 Å². The third-order valence-corrected chi connectivity index (χ3v) is 3.84. The van der Waals surface area contributed by atoms with Gasteiger partial charge in [0.05, 0.1) is 0 Å². The molecule has 0 amide bonds. The molecule has 0 spiro atoms. The fourth-order valence-electron chi connectivity index (χ4n) is 3.04. The van der Waals surface area contributed by atoms with Gasteiger partial charge >= 0.3 is 0 Å². The van der Waals surface area contributed by atoms with Crippen molar-refractivity contribution in [3.05, 3.63) is 24.3 Å². The molecule has 0 rings (SSSR count). The van der Waals surface area contributed by atoms with E-state index in [1.54, 1.807) is 0 Å². The van der Waals surface area contributed by atoms with Crippen LogP contribution in [-0.4, -0.2) is 50.2 Å². The Morgan fingerprint density at radius 2 is 0.920 bits per heavy atom. The van der Waals surface area contributed by atoms with Gasteiger partial charge in [0.15, 0.2) is 11.6 Å². The Hall–Kier alpha value is -0.720. The van der Waals surface area contributed by atoms with Crippen molar-refractivity contribution in [2.24, 2.45) is 0 Å². The van der Waals surface area contributed by atoms with Crippen LogP contribution >= 0.6 is 0 Å². The van der Waals surface area contributed by atoms with Crippen LogP contribution in [0.25, 0.3) is 0 Å². The Morgan fingerprint density at radius 3 is 1.08 bits per heavy atom. The summed E-state index contributed by atoms with van der Waals surface area (Å²) in [6.45, 7) is 25.4. The van der Waals surface area contributed by atoms with Crippen LogP contribution in [0.4, 0.5) is 0 Å². The van der Waals surface area contributed by atoms with Crippen molar-refractivity contribution in [1.82, 2.24) is 0 Å². The van der Waals surface area contributed by atoms with E-state index in [0.29, 0.717) is 26.4 Å². The van der Waals surface area contributed by atoms with Gasteiger partial charge in [0.2, 0.25) is 0 Å². The third kappa shape index (κ3) is 6.83. The maximum absolute atomic E-state index is 6.41. The molecule has 0 aliphatic rings. The molecule has 0 aromatic carbocycles. The molecular weight excluding hydrogens is 320 g/mol. The molecule has 0 saturated carbocycles. The van der Waals surface area contributed by atoms with Crippen LogP contribution in [0.1, 0.15) is 55.4 Å². The summed E-state index contributed by atoms with van der Waals surface area (Å²) >= 11 is 0. The van der Waals surface area contributed by atoms with E-state index < -0.39 is 23.8 Å². The van der Waals surface area contributed by atoms with Crippen molar-refractivity contribution in [2.45, 2.75) is 79.2 Å². The van der Waals surface area contributed by atoms with Crippen LogP contribution < -0.4 is 0 Å². The minimum atomic E-state index is -0.956. The molecule has 5 heteroatoms. The molecule has 0 fully saturated rings. The first-order valence-corrected chi connectivity index (χ1v) is 9.13. The first-order chi connectivity index (χ1) is 11.6. The second-order valence-corrected chi connectivity index (χ2v) is 6.35. The van der Waals surface area contributed by atoms with Crippen molar-refractivity contribution in [2.75, 3.05) is 26.4 Å². The molecular formula is C20H38O5. The van der Waals surface area contributed by atoms with E-state index >= 15 is 0 Å². The Morgan fingerprint density at radius 1 is 0.680 bits per heavy atom. The molecule has 0 saturated heterocycles. The number of ether oxygens (including phenoxy) is 5. The fraction of sp³-hybridized carbons (Fsp3) is 0.800. The lowest BCUT2D eigenvalue weighted by molar-refractivity contribution is -0.315.